The highest BCUT2D eigenvalue weighted by molar-refractivity contribution is 7.16. The van der Waals surface area contributed by atoms with Crippen LogP contribution in [0.2, 0.25) is 0 Å². The second kappa shape index (κ2) is 5.91. The average molecular weight is 283 g/mol. The first kappa shape index (κ1) is 13.7. The number of rotatable bonds is 6. The molecule has 2 N–H and O–H groups in total. The molecule has 0 aliphatic heterocycles. The molecule has 0 fully saturated rings. The van der Waals surface area contributed by atoms with Crippen LogP contribution in [0.4, 0.5) is 11.4 Å². The molecule has 0 saturated heterocycles. The summed E-state index contributed by atoms with van der Waals surface area (Å²) in [6.07, 6.45) is 0. The van der Waals surface area contributed by atoms with Crippen LogP contribution in [0.15, 0.2) is 17.6 Å². The molecule has 1 aromatic heterocycles. The van der Waals surface area contributed by atoms with Crippen LogP contribution in [-0.2, 0) is 0 Å². The van der Waals surface area contributed by atoms with E-state index >= 15 is 0 Å². The van der Waals surface area contributed by atoms with Gasteiger partial charge in [-0.2, -0.15) is 0 Å². The fourth-order valence-electron chi connectivity index (χ4n) is 1.94. The van der Waals surface area contributed by atoms with Gasteiger partial charge in [0, 0.05) is 13.1 Å². The van der Waals surface area contributed by atoms with Crippen molar-refractivity contribution < 1.29 is 15.1 Å². The van der Waals surface area contributed by atoms with Crippen molar-refractivity contribution in [3.63, 3.8) is 0 Å². The molecule has 2 rings (SSSR count). The molecule has 0 amide bonds. The van der Waals surface area contributed by atoms with Crippen molar-refractivity contribution in [2.75, 3.05) is 31.2 Å². The highest BCUT2D eigenvalue weighted by atomic mass is 32.1. The van der Waals surface area contributed by atoms with E-state index in [0.29, 0.717) is 11.2 Å². The molecular weight excluding hydrogens is 270 g/mol. The van der Waals surface area contributed by atoms with Crippen LogP contribution in [0.3, 0.4) is 0 Å². The summed E-state index contributed by atoms with van der Waals surface area (Å²) in [5, 5.41) is 29.3. The van der Waals surface area contributed by atoms with Gasteiger partial charge in [-0.15, -0.1) is 11.3 Å². The zero-order chi connectivity index (χ0) is 13.8. The molecule has 0 atom stereocenters. The Morgan fingerprint density at radius 3 is 2.58 bits per heavy atom. The normalized spacial score (nSPS) is 10.8. The molecular formula is C11H13N3O4S. The van der Waals surface area contributed by atoms with Gasteiger partial charge in [-0.05, 0) is 12.1 Å². The van der Waals surface area contributed by atoms with Gasteiger partial charge in [0.15, 0.2) is 5.52 Å². The number of hydrogen-bond acceptors (Lipinski definition) is 7. The number of hydrogen-bond donors (Lipinski definition) is 2. The second-order valence-electron chi connectivity index (χ2n) is 3.82. The smallest absolute Gasteiger partial charge is 0.319 e. The number of thiazole rings is 1. The molecule has 0 bridgehead atoms. The fraction of sp³-hybridized carbons (Fsp3) is 0.364. The number of fused-ring (bicyclic) bond motifs is 1. The third-order valence-electron chi connectivity index (χ3n) is 2.72. The van der Waals surface area contributed by atoms with Crippen molar-refractivity contribution in [1.82, 2.24) is 4.98 Å². The SMILES string of the molecule is O=[N+]([O-])c1c(N(CCO)CCO)ccc2scnc12. The van der Waals surface area contributed by atoms with Gasteiger partial charge >= 0.3 is 5.69 Å². The molecule has 19 heavy (non-hydrogen) atoms. The zero-order valence-electron chi connectivity index (χ0n) is 10.0. The number of aromatic nitrogens is 1. The van der Waals surface area contributed by atoms with Gasteiger partial charge in [-0.3, -0.25) is 10.1 Å². The Morgan fingerprint density at radius 1 is 1.32 bits per heavy atom. The summed E-state index contributed by atoms with van der Waals surface area (Å²) in [5.74, 6) is 0. The number of aliphatic hydroxyl groups is 2. The van der Waals surface area contributed by atoms with Crippen molar-refractivity contribution in [1.29, 1.82) is 0 Å². The Bertz CT molecular complexity index is 580. The third kappa shape index (κ3) is 2.65. The number of nitrogens with zero attached hydrogens (tertiary/aromatic N) is 3. The number of aliphatic hydroxyl groups excluding tert-OH is 2. The molecule has 1 heterocycles. The summed E-state index contributed by atoms with van der Waals surface area (Å²) in [6, 6.07) is 3.39. The maximum absolute atomic E-state index is 11.3. The lowest BCUT2D eigenvalue weighted by molar-refractivity contribution is -0.382. The molecule has 102 valence electrons. The predicted molar refractivity (Wildman–Crippen MR) is 72.7 cm³/mol. The first-order valence-electron chi connectivity index (χ1n) is 5.66. The van der Waals surface area contributed by atoms with Gasteiger partial charge in [0.2, 0.25) is 0 Å². The van der Waals surface area contributed by atoms with Crippen LogP contribution in [0.25, 0.3) is 10.2 Å². The number of nitro benzene ring substituents is 1. The van der Waals surface area contributed by atoms with E-state index < -0.39 is 4.92 Å². The van der Waals surface area contributed by atoms with E-state index in [0.717, 1.165) is 4.70 Å². The van der Waals surface area contributed by atoms with E-state index in [9.17, 15) is 10.1 Å². The molecule has 0 aliphatic carbocycles. The Balaban J connectivity index is 2.56. The molecule has 2 aromatic rings. The van der Waals surface area contributed by atoms with Crippen LogP contribution in [0.5, 0.6) is 0 Å². The lowest BCUT2D eigenvalue weighted by Gasteiger charge is -2.22. The van der Waals surface area contributed by atoms with Gasteiger partial charge in [0.1, 0.15) is 5.69 Å². The van der Waals surface area contributed by atoms with Crippen LogP contribution >= 0.6 is 11.3 Å². The fourth-order valence-corrected chi connectivity index (χ4v) is 2.61. The molecule has 7 nitrogen and oxygen atoms in total. The Labute approximate surface area is 112 Å². The van der Waals surface area contributed by atoms with Crippen molar-refractivity contribution in [3.8, 4) is 0 Å². The largest absolute Gasteiger partial charge is 0.395 e. The van der Waals surface area contributed by atoms with E-state index in [1.165, 1.54) is 11.3 Å². The quantitative estimate of drug-likeness (QED) is 0.606. The summed E-state index contributed by atoms with van der Waals surface area (Å²) in [7, 11) is 0. The van der Waals surface area contributed by atoms with Gasteiger partial charge in [0.05, 0.1) is 28.3 Å². The van der Waals surface area contributed by atoms with E-state index in [2.05, 4.69) is 4.98 Å². The molecule has 0 unspecified atom stereocenters. The van der Waals surface area contributed by atoms with Crippen LogP contribution < -0.4 is 4.90 Å². The molecule has 0 spiro atoms. The van der Waals surface area contributed by atoms with E-state index in [4.69, 9.17) is 10.2 Å². The topological polar surface area (TPSA) is 99.7 Å². The Hall–Kier alpha value is -1.77. The Morgan fingerprint density at radius 2 is 2.00 bits per heavy atom. The first-order valence-corrected chi connectivity index (χ1v) is 6.54. The maximum atomic E-state index is 11.3. The summed E-state index contributed by atoms with van der Waals surface area (Å²) in [4.78, 5) is 16.4. The molecule has 0 saturated carbocycles. The number of benzene rings is 1. The minimum atomic E-state index is -0.473. The van der Waals surface area contributed by atoms with Gasteiger partial charge in [-0.25, -0.2) is 4.98 Å². The Kier molecular flexibility index (Phi) is 4.25. The highest BCUT2D eigenvalue weighted by Crippen LogP contribution is 2.36. The van der Waals surface area contributed by atoms with E-state index in [1.54, 1.807) is 22.5 Å². The summed E-state index contributed by atoms with van der Waals surface area (Å²) >= 11 is 1.33. The summed E-state index contributed by atoms with van der Waals surface area (Å²) in [6.45, 7) is 0.145. The maximum Gasteiger partial charge on any atom is 0.319 e. The lowest BCUT2D eigenvalue weighted by Crippen LogP contribution is -2.30. The van der Waals surface area contributed by atoms with Gasteiger partial charge < -0.3 is 15.1 Å². The summed E-state index contributed by atoms with van der Waals surface area (Å²) in [5.41, 5.74) is 2.18. The van der Waals surface area contributed by atoms with Crippen LogP contribution in [0.1, 0.15) is 0 Å². The van der Waals surface area contributed by atoms with E-state index in [1.807, 2.05) is 0 Å². The minimum absolute atomic E-state index is 0.0827. The minimum Gasteiger partial charge on any atom is -0.395 e. The molecule has 0 radical (unpaired) electrons. The van der Waals surface area contributed by atoms with Crippen molar-refractivity contribution >= 4 is 32.9 Å². The van der Waals surface area contributed by atoms with Gasteiger partial charge in [0.25, 0.3) is 0 Å². The zero-order valence-corrected chi connectivity index (χ0v) is 10.8. The molecule has 8 heteroatoms. The van der Waals surface area contributed by atoms with E-state index in [-0.39, 0.29) is 32.0 Å². The van der Waals surface area contributed by atoms with Crippen LogP contribution in [-0.4, -0.2) is 46.4 Å². The first-order chi connectivity index (χ1) is 9.19. The van der Waals surface area contributed by atoms with Crippen molar-refractivity contribution in [2.24, 2.45) is 0 Å². The standard InChI is InChI=1S/C11H13N3O4S/c15-5-3-13(4-6-16)8-1-2-9-10(12-7-19-9)11(8)14(17)18/h1-2,7,15-16H,3-6H2. The predicted octanol–water partition coefficient (Wildman–Crippen LogP) is 0.995. The molecule has 1 aromatic carbocycles. The number of anilines is 1. The monoisotopic (exact) mass is 283 g/mol. The van der Waals surface area contributed by atoms with Crippen molar-refractivity contribution in [3.05, 3.63) is 27.8 Å². The van der Waals surface area contributed by atoms with Crippen LogP contribution in [0, 0.1) is 10.1 Å². The lowest BCUT2D eigenvalue weighted by atomic mass is 10.2. The molecule has 0 aliphatic rings. The third-order valence-corrected chi connectivity index (χ3v) is 3.51. The average Bonchev–Trinajstić information content (AvgIpc) is 2.85. The number of nitro groups is 1. The second-order valence-corrected chi connectivity index (χ2v) is 4.71. The van der Waals surface area contributed by atoms with Gasteiger partial charge in [-0.1, -0.05) is 0 Å². The highest BCUT2D eigenvalue weighted by Gasteiger charge is 2.24. The van der Waals surface area contributed by atoms with Crippen molar-refractivity contribution in [2.45, 2.75) is 0 Å². The summed E-state index contributed by atoms with van der Waals surface area (Å²) < 4.78 is 0.739.